The van der Waals surface area contributed by atoms with E-state index in [9.17, 15) is 13.2 Å². The minimum Gasteiger partial charge on any atom is -0.474 e. The van der Waals surface area contributed by atoms with Crippen molar-refractivity contribution >= 4 is 16.6 Å². The van der Waals surface area contributed by atoms with Crippen molar-refractivity contribution in [2.24, 2.45) is 0 Å². The van der Waals surface area contributed by atoms with E-state index in [1.54, 1.807) is 0 Å². The van der Waals surface area contributed by atoms with Crippen molar-refractivity contribution in [3.63, 3.8) is 0 Å². The van der Waals surface area contributed by atoms with Gasteiger partial charge in [-0.25, -0.2) is 9.97 Å². The van der Waals surface area contributed by atoms with E-state index >= 15 is 0 Å². The molecule has 0 atom stereocenters. The van der Waals surface area contributed by atoms with Crippen LogP contribution < -0.4 is 9.64 Å². The van der Waals surface area contributed by atoms with Crippen LogP contribution in [0.15, 0.2) is 28.9 Å². The Morgan fingerprint density at radius 3 is 2.53 bits per heavy atom. The average molecular weight is 448 g/mol. The van der Waals surface area contributed by atoms with Crippen LogP contribution >= 0.6 is 0 Å². The van der Waals surface area contributed by atoms with Gasteiger partial charge in [0.05, 0.1) is 17.4 Å². The number of piperazine rings is 1. The van der Waals surface area contributed by atoms with Gasteiger partial charge in [-0.15, -0.1) is 10.2 Å². The topological polar surface area (TPSA) is 80.4 Å². The molecule has 3 heterocycles. The van der Waals surface area contributed by atoms with Crippen LogP contribution in [0.3, 0.4) is 0 Å². The lowest BCUT2D eigenvalue weighted by Crippen LogP contribution is -2.46. The van der Waals surface area contributed by atoms with Crippen molar-refractivity contribution in [1.82, 2.24) is 25.1 Å². The Bertz CT molecular complexity index is 1070. The molecule has 0 amide bonds. The van der Waals surface area contributed by atoms with Crippen LogP contribution in [0.2, 0.25) is 0 Å². The number of ether oxygens (including phenoxy) is 1. The second kappa shape index (κ2) is 8.53. The van der Waals surface area contributed by atoms with E-state index < -0.39 is 12.1 Å². The van der Waals surface area contributed by atoms with E-state index in [-0.39, 0.29) is 18.5 Å². The molecule has 1 saturated heterocycles. The number of fused-ring (bicyclic) bond motifs is 1. The molecule has 1 aliphatic heterocycles. The average Bonchev–Trinajstić information content (AvgIpc) is 3.46. The molecule has 170 valence electrons. The summed E-state index contributed by atoms with van der Waals surface area (Å²) in [5.74, 6) is -0.707. The molecule has 0 unspecified atom stereocenters. The van der Waals surface area contributed by atoms with Gasteiger partial charge in [0.25, 0.3) is 0 Å². The molecule has 8 nitrogen and oxygen atoms in total. The van der Waals surface area contributed by atoms with E-state index in [2.05, 4.69) is 31.1 Å². The smallest absolute Gasteiger partial charge is 0.470 e. The standard InChI is InChI=1S/C21H23F3N6O2/c22-21(23,24)20-28-27-18(32-20)12-29-7-9-30(10-8-29)14-5-6-17-16(11-14)19(26-13-25-17)31-15-3-1-2-4-15/h5-6,11,13,15H,1-4,7-10,12H2. The summed E-state index contributed by atoms with van der Waals surface area (Å²) in [6.45, 7) is 2.97. The van der Waals surface area contributed by atoms with Gasteiger partial charge in [0, 0.05) is 31.9 Å². The fraction of sp³-hybridized carbons (Fsp3) is 0.524. The number of benzene rings is 1. The van der Waals surface area contributed by atoms with E-state index in [0.717, 1.165) is 42.5 Å². The lowest BCUT2D eigenvalue weighted by molar-refractivity contribution is -0.157. The molecule has 2 fully saturated rings. The zero-order valence-electron chi connectivity index (χ0n) is 17.4. The van der Waals surface area contributed by atoms with Gasteiger partial charge in [0.2, 0.25) is 11.8 Å². The van der Waals surface area contributed by atoms with Crippen molar-refractivity contribution in [2.75, 3.05) is 31.1 Å². The molecule has 5 rings (SSSR count). The number of alkyl halides is 3. The third-order valence-electron chi connectivity index (χ3n) is 5.97. The number of halogens is 3. The summed E-state index contributed by atoms with van der Waals surface area (Å²) in [6.07, 6.45) is 1.60. The number of hydrogen-bond donors (Lipinski definition) is 0. The fourth-order valence-electron chi connectivity index (χ4n) is 4.26. The molecule has 3 aromatic rings. The predicted octanol–water partition coefficient (Wildman–Crippen LogP) is 3.68. The lowest BCUT2D eigenvalue weighted by atomic mass is 10.2. The van der Waals surface area contributed by atoms with Crippen LogP contribution in [0.1, 0.15) is 37.5 Å². The normalized spacial score (nSPS) is 18.5. The van der Waals surface area contributed by atoms with Gasteiger partial charge in [-0.05, 0) is 43.9 Å². The maximum atomic E-state index is 12.6. The third-order valence-corrected chi connectivity index (χ3v) is 5.97. The van der Waals surface area contributed by atoms with E-state index in [1.165, 1.54) is 19.2 Å². The summed E-state index contributed by atoms with van der Waals surface area (Å²) < 4.78 is 48.8. The summed E-state index contributed by atoms with van der Waals surface area (Å²) in [7, 11) is 0. The van der Waals surface area contributed by atoms with Gasteiger partial charge < -0.3 is 14.1 Å². The van der Waals surface area contributed by atoms with Crippen LogP contribution in [0.25, 0.3) is 10.9 Å². The molecule has 0 radical (unpaired) electrons. The maximum Gasteiger partial charge on any atom is 0.470 e. The minimum absolute atomic E-state index is 0.0256. The maximum absolute atomic E-state index is 12.6. The van der Waals surface area contributed by atoms with Crippen molar-refractivity contribution in [2.45, 2.75) is 44.5 Å². The Kier molecular flexibility index (Phi) is 5.58. The Balaban J connectivity index is 1.25. The van der Waals surface area contributed by atoms with Gasteiger partial charge >= 0.3 is 12.1 Å². The molecule has 2 aliphatic rings. The Labute approximate surface area is 182 Å². The summed E-state index contributed by atoms with van der Waals surface area (Å²) in [6, 6.07) is 6.05. The number of anilines is 1. The van der Waals surface area contributed by atoms with Gasteiger partial charge in [-0.2, -0.15) is 13.2 Å². The fourth-order valence-corrected chi connectivity index (χ4v) is 4.26. The van der Waals surface area contributed by atoms with Crippen LogP contribution in [-0.2, 0) is 12.7 Å². The first-order valence-electron chi connectivity index (χ1n) is 10.7. The Hall–Kier alpha value is -2.95. The van der Waals surface area contributed by atoms with E-state index in [1.807, 2.05) is 17.0 Å². The monoisotopic (exact) mass is 448 g/mol. The summed E-state index contributed by atoms with van der Waals surface area (Å²) in [4.78, 5) is 13.0. The molecule has 0 N–H and O–H groups in total. The van der Waals surface area contributed by atoms with Crippen molar-refractivity contribution in [3.05, 3.63) is 36.3 Å². The van der Waals surface area contributed by atoms with Crippen molar-refractivity contribution in [1.29, 1.82) is 0 Å². The van der Waals surface area contributed by atoms with Crippen molar-refractivity contribution < 1.29 is 22.3 Å². The first-order valence-corrected chi connectivity index (χ1v) is 10.7. The first-order chi connectivity index (χ1) is 15.5. The van der Waals surface area contributed by atoms with Gasteiger partial charge in [-0.1, -0.05) is 0 Å². The molecular weight excluding hydrogens is 425 g/mol. The highest BCUT2D eigenvalue weighted by molar-refractivity contribution is 5.86. The third kappa shape index (κ3) is 4.47. The lowest BCUT2D eigenvalue weighted by Gasteiger charge is -2.35. The van der Waals surface area contributed by atoms with Gasteiger partial charge in [0.15, 0.2) is 0 Å². The van der Waals surface area contributed by atoms with E-state index in [0.29, 0.717) is 19.0 Å². The molecule has 1 saturated carbocycles. The summed E-state index contributed by atoms with van der Waals surface area (Å²) >= 11 is 0. The van der Waals surface area contributed by atoms with Gasteiger partial charge in [0.1, 0.15) is 12.4 Å². The summed E-state index contributed by atoms with van der Waals surface area (Å²) in [5.41, 5.74) is 1.88. The molecule has 11 heteroatoms. The molecule has 32 heavy (non-hydrogen) atoms. The van der Waals surface area contributed by atoms with Gasteiger partial charge in [-0.3, -0.25) is 4.90 Å². The summed E-state index contributed by atoms with van der Waals surface area (Å²) in [5, 5.41) is 7.50. The zero-order chi connectivity index (χ0) is 22.1. The first kappa shape index (κ1) is 20.9. The second-order valence-corrected chi connectivity index (χ2v) is 8.17. The number of nitrogens with zero attached hydrogens (tertiary/aromatic N) is 6. The Morgan fingerprint density at radius 1 is 1.03 bits per heavy atom. The van der Waals surface area contributed by atoms with Crippen molar-refractivity contribution in [3.8, 4) is 5.88 Å². The predicted molar refractivity (Wildman–Crippen MR) is 109 cm³/mol. The van der Waals surface area contributed by atoms with Crippen LogP contribution in [0, 0.1) is 0 Å². The van der Waals surface area contributed by atoms with Crippen LogP contribution in [0.4, 0.5) is 18.9 Å². The molecule has 2 aromatic heterocycles. The number of aromatic nitrogens is 4. The highest BCUT2D eigenvalue weighted by Gasteiger charge is 2.38. The largest absolute Gasteiger partial charge is 0.474 e. The zero-order valence-corrected chi connectivity index (χ0v) is 17.4. The minimum atomic E-state index is -4.62. The number of hydrogen-bond acceptors (Lipinski definition) is 8. The Morgan fingerprint density at radius 2 is 1.81 bits per heavy atom. The highest BCUT2D eigenvalue weighted by Crippen LogP contribution is 2.31. The molecule has 0 spiro atoms. The molecule has 1 aliphatic carbocycles. The SMILES string of the molecule is FC(F)(F)c1nnc(CN2CCN(c3ccc4ncnc(OC5CCCC5)c4c3)CC2)o1. The van der Waals surface area contributed by atoms with E-state index in [4.69, 9.17) is 9.15 Å². The van der Waals surface area contributed by atoms with Crippen LogP contribution in [-0.4, -0.2) is 57.3 Å². The second-order valence-electron chi connectivity index (χ2n) is 8.17. The molecule has 1 aromatic carbocycles. The highest BCUT2D eigenvalue weighted by atomic mass is 19.4. The van der Waals surface area contributed by atoms with Crippen LogP contribution in [0.5, 0.6) is 5.88 Å². The number of rotatable bonds is 5. The molecule has 0 bridgehead atoms. The molecular formula is C21H23F3N6O2. The quantitative estimate of drug-likeness (QED) is 0.585.